The molecule has 1 aliphatic rings. The van der Waals surface area contributed by atoms with Crippen molar-refractivity contribution in [1.82, 2.24) is 4.90 Å². The van der Waals surface area contributed by atoms with E-state index < -0.39 is 5.97 Å². The molecule has 0 aromatic heterocycles. The third kappa shape index (κ3) is 2.80. The fraction of sp³-hybridized carbons (Fsp3) is 0.462. The van der Waals surface area contributed by atoms with Gasteiger partial charge in [0.2, 0.25) is 0 Å². The van der Waals surface area contributed by atoms with Crippen LogP contribution in [0.3, 0.4) is 0 Å². The first-order valence-corrected chi connectivity index (χ1v) is 6.14. The van der Waals surface area contributed by atoms with Crippen LogP contribution in [0.2, 0.25) is 0 Å². The monoisotopic (exact) mass is 249 g/mol. The van der Waals surface area contributed by atoms with Gasteiger partial charge in [0, 0.05) is 6.04 Å². The Morgan fingerprint density at radius 3 is 2.39 bits per heavy atom. The van der Waals surface area contributed by atoms with Crippen molar-refractivity contribution < 1.29 is 9.90 Å². The largest absolute Gasteiger partial charge is 0.478 e. The van der Waals surface area contributed by atoms with Crippen LogP contribution in [0.25, 0.3) is 0 Å². The van der Waals surface area contributed by atoms with Gasteiger partial charge < -0.3 is 15.0 Å². The lowest BCUT2D eigenvalue weighted by Crippen LogP contribution is -2.47. The Kier molecular flexibility index (Phi) is 3.84. The summed E-state index contributed by atoms with van der Waals surface area (Å²) in [6, 6.07) is 7.04. The van der Waals surface area contributed by atoms with Crippen molar-refractivity contribution in [3.63, 3.8) is 0 Å². The molecule has 0 atom stereocenters. The summed E-state index contributed by atoms with van der Waals surface area (Å²) >= 11 is 0. The lowest BCUT2D eigenvalue weighted by Gasteiger charge is -2.35. The summed E-state index contributed by atoms with van der Waals surface area (Å²) in [7, 11) is 2.11. The topological polar surface area (TPSA) is 69.8 Å². The zero-order chi connectivity index (χ0) is 13.1. The number of carbonyl (C=O) groups is 1. The van der Waals surface area contributed by atoms with E-state index in [1.165, 1.54) is 0 Å². The molecule has 0 amide bonds. The van der Waals surface area contributed by atoms with E-state index in [1.54, 1.807) is 29.3 Å². The predicted molar refractivity (Wildman–Crippen MR) is 70.6 cm³/mol. The molecule has 0 radical (unpaired) electrons. The van der Waals surface area contributed by atoms with E-state index in [0.29, 0.717) is 6.04 Å². The van der Waals surface area contributed by atoms with Gasteiger partial charge in [-0.2, -0.15) is 0 Å². The quantitative estimate of drug-likeness (QED) is 0.621. The Hall–Kier alpha value is -1.59. The molecule has 0 saturated carbocycles. The standard InChI is InChI=1S/C13H19N3O2/c1-15-8-6-12(7-9-15)16(14)11-4-2-10(3-5-11)13(17)18/h2-5,12H,6-9,14H2,1H3,(H,17,18). The summed E-state index contributed by atoms with van der Waals surface area (Å²) in [5, 5.41) is 10.6. The molecule has 1 aromatic rings. The molecule has 5 heteroatoms. The first-order chi connectivity index (χ1) is 8.58. The average molecular weight is 249 g/mol. The maximum absolute atomic E-state index is 10.8. The lowest BCUT2D eigenvalue weighted by molar-refractivity contribution is 0.0697. The van der Waals surface area contributed by atoms with E-state index in [2.05, 4.69) is 11.9 Å². The van der Waals surface area contributed by atoms with E-state index in [1.807, 2.05) is 0 Å². The molecule has 1 aromatic carbocycles. The highest BCUT2D eigenvalue weighted by Gasteiger charge is 2.21. The summed E-state index contributed by atoms with van der Waals surface area (Å²) in [6.07, 6.45) is 2.07. The number of piperidine rings is 1. The van der Waals surface area contributed by atoms with Gasteiger partial charge in [-0.25, -0.2) is 10.6 Å². The number of anilines is 1. The summed E-state index contributed by atoms with van der Waals surface area (Å²) in [4.78, 5) is 13.1. The van der Waals surface area contributed by atoms with Crippen molar-refractivity contribution in [2.45, 2.75) is 18.9 Å². The van der Waals surface area contributed by atoms with E-state index in [-0.39, 0.29) is 5.56 Å². The van der Waals surface area contributed by atoms with Gasteiger partial charge in [-0.3, -0.25) is 0 Å². The Balaban J connectivity index is 2.04. The Morgan fingerprint density at radius 2 is 1.89 bits per heavy atom. The molecule has 1 heterocycles. The summed E-state index contributed by atoms with van der Waals surface area (Å²) in [5.41, 5.74) is 1.16. The molecule has 0 aliphatic carbocycles. The van der Waals surface area contributed by atoms with Crippen LogP contribution in [0.4, 0.5) is 5.69 Å². The highest BCUT2D eigenvalue weighted by Crippen LogP contribution is 2.20. The first kappa shape index (κ1) is 12.9. The minimum absolute atomic E-state index is 0.288. The number of hydrogen-bond donors (Lipinski definition) is 2. The number of benzene rings is 1. The smallest absolute Gasteiger partial charge is 0.335 e. The summed E-state index contributed by atoms with van der Waals surface area (Å²) in [6.45, 7) is 2.09. The number of nitrogens with zero attached hydrogens (tertiary/aromatic N) is 2. The number of nitrogens with two attached hydrogens (primary N) is 1. The minimum Gasteiger partial charge on any atom is -0.478 e. The Morgan fingerprint density at radius 1 is 1.33 bits per heavy atom. The number of aromatic carboxylic acids is 1. The molecule has 1 aliphatic heterocycles. The molecular formula is C13H19N3O2. The van der Waals surface area contributed by atoms with Gasteiger partial charge in [0.15, 0.2) is 0 Å². The first-order valence-electron chi connectivity index (χ1n) is 6.14. The van der Waals surface area contributed by atoms with Crippen molar-refractivity contribution in [1.29, 1.82) is 0 Å². The Bertz CT molecular complexity index is 411. The van der Waals surface area contributed by atoms with E-state index in [4.69, 9.17) is 10.9 Å². The average Bonchev–Trinajstić information content (AvgIpc) is 2.39. The SMILES string of the molecule is CN1CCC(N(N)c2ccc(C(=O)O)cc2)CC1. The second-order valence-electron chi connectivity index (χ2n) is 4.79. The van der Waals surface area contributed by atoms with Gasteiger partial charge in [-0.15, -0.1) is 0 Å². The molecule has 0 spiro atoms. The predicted octanol–water partition coefficient (Wildman–Crippen LogP) is 1.16. The zero-order valence-corrected chi connectivity index (χ0v) is 10.5. The van der Waals surface area contributed by atoms with Crippen molar-refractivity contribution in [2.24, 2.45) is 5.84 Å². The normalized spacial score (nSPS) is 17.7. The van der Waals surface area contributed by atoms with E-state index >= 15 is 0 Å². The fourth-order valence-electron chi connectivity index (χ4n) is 2.26. The molecule has 1 saturated heterocycles. The van der Waals surface area contributed by atoms with Crippen LogP contribution in [0.5, 0.6) is 0 Å². The highest BCUT2D eigenvalue weighted by molar-refractivity contribution is 5.88. The highest BCUT2D eigenvalue weighted by atomic mass is 16.4. The molecule has 1 fully saturated rings. The fourth-order valence-corrected chi connectivity index (χ4v) is 2.26. The molecule has 0 bridgehead atoms. The number of hydrogen-bond acceptors (Lipinski definition) is 4. The number of likely N-dealkylation sites (tertiary alicyclic amines) is 1. The van der Waals surface area contributed by atoms with Gasteiger partial charge >= 0.3 is 5.97 Å². The van der Waals surface area contributed by atoms with Crippen molar-refractivity contribution in [2.75, 3.05) is 25.1 Å². The number of hydrazine groups is 1. The molecule has 98 valence electrons. The summed E-state index contributed by atoms with van der Waals surface area (Å²) in [5.74, 6) is 5.20. The minimum atomic E-state index is -0.913. The van der Waals surface area contributed by atoms with Crippen molar-refractivity contribution >= 4 is 11.7 Å². The van der Waals surface area contributed by atoms with E-state index in [9.17, 15) is 4.79 Å². The van der Waals surface area contributed by atoms with Crippen LogP contribution in [0.1, 0.15) is 23.2 Å². The molecule has 0 unspecified atom stereocenters. The van der Waals surface area contributed by atoms with Crippen LogP contribution in [-0.4, -0.2) is 42.2 Å². The maximum atomic E-state index is 10.8. The number of rotatable bonds is 3. The third-order valence-corrected chi connectivity index (χ3v) is 3.49. The van der Waals surface area contributed by atoms with Crippen LogP contribution in [-0.2, 0) is 0 Å². The van der Waals surface area contributed by atoms with Crippen LogP contribution >= 0.6 is 0 Å². The second kappa shape index (κ2) is 5.37. The molecule has 5 nitrogen and oxygen atoms in total. The molecule has 2 rings (SSSR count). The summed E-state index contributed by atoms with van der Waals surface area (Å²) < 4.78 is 0. The molecule has 18 heavy (non-hydrogen) atoms. The van der Waals surface area contributed by atoms with Gasteiger partial charge in [0.1, 0.15) is 0 Å². The van der Waals surface area contributed by atoms with Gasteiger partial charge in [-0.1, -0.05) is 0 Å². The molecule has 3 N–H and O–H groups in total. The number of carboxylic acid groups (broad SMARTS) is 1. The Labute approximate surface area is 107 Å². The number of carboxylic acids is 1. The third-order valence-electron chi connectivity index (χ3n) is 3.49. The van der Waals surface area contributed by atoms with Crippen LogP contribution < -0.4 is 10.9 Å². The second-order valence-corrected chi connectivity index (χ2v) is 4.79. The van der Waals surface area contributed by atoms with Gasteiger partial charge in [0.25, 0.3) is 0 Å². The van der Waals surface area contributed by atoms with Crippen molar-refractivity contribution in [3.05, 3.63) is 29.8 Å². The molecular weight excluding hydrogens is 230 g/mol. The van der Waals surface area contributed by atoms with Crippen LogP contribution in [0, 0.1) is 0 Å². The lowest BCUT2D eigenvalue weighted by atomic mass is 10.0. The zero-order valence-electron chi connectivity index (χ0n) is 10.5. The van der Waals surface area contributed by atoms with Crippen molar-refractivity contribution in [3.8, 4) is 0 Å². The maximum Gasteiger partial charge on any atom is 0.335 e. The van der Waals surface area contributed by atoms with Gasteiger partial charge in [0.05, 0.1) is 11.3 Å². The van der Waals surface area contributed by atoms with E-state index in [0.717, 1.165) is 31.6 Å². The van der Waals surface area contributed by atoms with Crippen LogP contribution in [0.15, 0.2) is 24.3 Å². The van der Waals surface area contributed by atoms with Gasteiger partial charge in [-0.05, 0) is 57.2 Å².